The summed E-state index contributed by atoms with van der Waals surface area (Å²) >= 11 is 0. The summed E-state index contributed by atoms with van der Waals surface area (Å²) in [5.74, 6) is 0. The number of rotatable bonds is 4. The summed E-state index contributed by atoms with van der Waals surface area (Å²) in [6.45, 7) is 3.46. The molecule has 142 valence electrons. The Kier molecular flexibility index (Phi) is 4.20. The van der Waals surface area contributed by atoms with Crippen molar-refractivity contribution >= 4 is 16.6 Å². The van der Waals surface area contributed by atoms with Crippen molar-refractivity contribution in [2.45, 2.75) is 38.8 Å². The Hall–Kier alpha value is -2.99. The molecule has 6 heteroatoms. The molecule has 0 aliphatic carbocycles. The lowest BCUT2D eigenvalue weighted by Crippen LogP contribution is -2.26. The third kappa shape index (κ3) is 2.72. The van der Waals surface area contributed by atoms with E-state index >= 15 is 0 Å². The molecule has 0 unspecified atom stereocenters. The third-order valence-electron chi connectivity index (χ3n) is 5.48. The van der Waals surface area contributed by atoms with Gasteiger partial charge in [0.1, 0.15) is 0 Å². The van der Waals surface area contributed by atoms with Gasteiger partial charge in [0, 0.05) is 24.6 Å². The van der Waals surface area contributed by atoms with Crippen molar-refractivity contribution in [3.63, 3.8) is 0 Å². The van der Waals surface area contributed by atoms with E-state index in [1.807, 2.05) is 35.0 Å². The first-order valence-corrected chi connectivity index (χ1v) is 9.83. The van der Waals surface area contributed by atoms with Crippen LogP contribution in [0.15, 0.2) is 53.6 Å². The minimum atomic E-state index is -0.0443. The summed E-state index contributed by atoms with van der Waals surface area (Å²) < 4.78 is 9.23. The first kappa shape index (κ1) is 17.1. The fourth-order valence-corrected chi connectivity index (χ4v) is 4.05. The number of aryl methyl sites for hydroxylation is 1. The molecule has 5 rings (SSSR count). The van der Waals surface area contributed by atoms with E-state index in [0.717, 1.165) is 53.9 Å². The number of benzene rings is 1. The molecule has 28 heavy (non-hydrogen) atoms. The van der Waals surface area contributed by atoms with Crippen LogP contribution in [0, 0.1) is 0 Å². The van der Waals surface area contributed by atoms with Crippen LogP contribution in [0.2, 0.25) is 0 Å². The van der Waals surface area contributed by atoms with E-state index in [1.54, 1.807) is 10.8 Å². The summed E-state index contributed by atoms with van der Waals surface area (Å²) in [6, 6.07) is 12.1. The van der Waals surface area contributed by atoms with Crippen molar-refractivity contribution in [2.75, 3.05) is 6.61 Å². The van der Waals surface area contributed by atoms with Crippen molar-refractivity contribution in [3.8, 4) is 11.1 Å². The standard InChI is InChI=1S/C22H22N4O2/c1-2-18-20(15-7-4-3-5-8-15)21-23-13-17-19(26(21)24-18)10-11-25(22(17)27)14-16-9-6-12-28-16/h3-5,7-8,10-11,13,16H,2,6,9,12,14H2,1H3/t16-/m1/s1. The molecule has 6 nitrogen and oxygen atoms in total. The van der Waals surface area contributed by atoms with E-state index in [2.05, 4.69) is 24.0 Å². The van der Waals surface area contributed by atoms with Gasteiger partial charge in [-0.1, -0.05) is 37.3 Å². The Morgan fingerprint density at radius 2 is 2.07 bits per heavy atom. The van der Waals surface area contributed by atoms with Gasteiger partial charge < -0.3 is 9.30 Å². The average Bonchev–Trinajstić information content (AvgIpc) is 3.38. The molecule has 0 N–H and O–H groups in total. The zero-order valence-electron chi connectivity index (χ0n) is 15.8. The molecule has 0 amide bonds. The predicted molar refractivity (Wildman–Crippen MR) is 109 cm³/mol. The lowest BCUT2D eigenvalue weighted by atomic mass is 10.0. The molecule has 0 spiro atoms. The topological polar surface area (TPSA) is 61.4 Å². The van der Waals surface area contributed by atoms with E-state index in [-0.39, 0.29) is 11.7 Å². The van der Waals surface area contributed by atoms with E-state index in [9.17, 15) is 4.79 Å². The smallest absolute Gasteiger partial charge is 0.261 e. The van der Waals surface area contributed by atoms with Crippen LogP contribution in [0.4, 0.5) is 0 Å². The number of aromatic nitrogens is 4. The zero-order valence-corrected chi connectivity index (χ0v) is 15.8. The molecule has 1 aromatic carbocycles. The summed E-state index contributed by atoms with van der Waals surface area (Å²) in [5, 5.41) is 5.37. The lowest BCUT2D eigenvalue weighted by molar-refractivity contribution is 0.0963. The third-order valence-corrected chi connectivity index (χ3v) is 5.48. The first-order chi connectivity index (χ1) is 13.8. The molecule has 4 heterocycles. The minimum absolute atomic E-state index is 0.0443. The van der Waals surface area contributed by atoms with Gasteiger partial charge in [0.25, 0.3) is 5.56 Å². The maximum Gasteiger partial charge on any atom is 0.261 e. The van der Waals surface area contributed by atoms with Gasteiger partial charge in [0.2, 0.25) is 0 Å². The number of fused-ring (bicyclic) bond motifs is 3. The average molecular weight is 374 g/mol. The van der Waals surface area contributed by atoms with Crippen molar-refractivity contribution < 1.29 is 4.74 Å². The van der Waals surface area contributed by atoms with E-state index in [4.69, 9.17) is 9.84 Å². The van der Waals surface area contributed by atoms with Crippen LogP contribution in [0.5, 0.6) is 0 Å². The molecular weight excluding hydrogens is 352 g/mol. The maximum atomic E-state index is 13.0. The van der Waals surface area contributed by atoms with Crippen molar-refractivity contribution in [1.82, 2.24) is 19.2 Å². The second-order valence-corrected chi connectivity index (χ2v) is 7.24. The van der Waals surface area contributed by atoms with Gasteiger partial charge in [-0.15, -0.1) is 0 Å². The molecule has 0 saturated carbocycles. The van der Waals surface area contributed by atoms with Crippen LogP contribution in [0.1, 0.15) is 25.5 Å². The Bertz CT molecular complexity index is 1200. The van der Waals surface area contributed by atoms with E-state index in [1.165, 1.54) is 0 Å². The quantitative estimate of drug-likeness (QED) is 0.549. The number of ether oxygens (including phenoxy) is 1. The number of nitrogens with zero attached hydrogens (tertiary/aromatic N) is 4. The number of pyridine rings is 1. The molecule has 1 aliphatic rings. The molecule has 0 bridgehead atoms. The molecule has 0 radical (unpaired) electrons. The first-order valence-electron chi connectivity index (χ1n) is 9.83. The Morgan fingerprint density at radius 1 is 1.21 bits per heavy atom. The summed E-state index contributed by atoms with van der Waals surface area (Å²) in [7, 11) is 0. The van der Waals surface area contributed by atoms with Gasteiger partial charge in [-0.3, -0.25) is 4.79 Å². The predicted octanol–water partition coefficient (Wildman–Crippen LogP) is 3.45. The second kappa shape index (κ2) is 6.87. The van der Waals surface area contributed by atoms with Gasteiger partial charge in [-0.05, 0) is 30.9 Å². The monoisotopic (exact) mass is 374 g/mol. The van der Waals surface area contributed by atoms with Crippen LogP contribution in [-0.2, 0) is 17.7 Å². The fourth-order valence-electron chi connectivity index (χ4n) is 4.05. The van der Waals surface area contributed by atoms with Gasteiger partial charge in [0.05, 0.1) is 29.2 Å². The van der Waals surface area contributed by atoms with Crippen molar-refractivity contribution in [3.05, 3.63) is 64.8 Å². The molecule has 1 fully saturated rings. The number of hydrogen-bond acceptors (Lipinski definition) is 4. The molecule has 1 aliphatic heterocycles. The lowest BCUT2D eigenvalue weighted by Gasteiger charge is -2.12. The Balaban J connectivity index is 1.69. The maximum absolute atomic E-state index is 13.0. The molecule has 4 aromatic rings. The van der Waals surface area contributed by atoms with Crippen molar-refractivity contribution in [2.24, 2.45) is 0 Å². The van der Waals surface area contributed by atoms with E-state index in [0.29, 0.717) is 11.9 Å². The normalized spacial score (nSPS) is 17.0. The molecular formula is C22H22N4O2. The van der Waals surface area contributed by atoms with Crippen LogP contribution in [0.3, 0.4) is 0 Å². The molecule has 3 aromatic heterocycles. The van der Waals surface area contributed by atoms with Gasteiger partial charge >= 0.3 is 0 Å². The highest BCUT2D eigenvalue weighted by atomic mass is 16.5. The summed E-state index contributed by atoms with van der Waals surface area (Å²) in [4.78, 5) is 17.7. The summed E-state index contributed by atoms with van der Waals surface area (Å²) in [5.41, 5.74) is 4.63. The zero-order chi connectivity index (χ0) is 19.1. The van der Waals surface area contributed by atoms with Crippen LogP contribution in [-0.4, -0.2) is 31.9 Å². The molecule has 1 atom stereocenters. The number of hydrogen-bond donors (Lipinski definition) is 0. The largest absolute Gasteiger partial charge is 0.376 e. The van der Waals surface area contributed by atoms with Gasteiger partial charge in [-0.2, -0.15) is 5.10 Å². The Morgan fingerprint density at radius 3 is 2.82 bits per heavy atom. The SMILES string of the molecule is CCc1nn2c(ncc3c(=O)n(C[C@H]4CCCO4)ccc32)c1-c1ccccc1. The van der Waals surface area contributed by atoms with Crippen LogP contribution < -0.4 is 5.56 Å². The minimum Gasteiger partial charge on any atom is -0.376 e. The van der Waals surface area contributed by atoms with Gasteiger partial charge in [-0.25, -0.2) is 9.50 Å². The van der Waals surface area contributed by atoms with Gasteiger partial charge in [0.15, 0.2) is 5.65 Å². The molecule has 1 saturated heterocycles. The fraction of sp³-hybridized carbons (Fsp3) is 0.318. The second-order valence-electron chi connectivity index (χ2n) is 7.24. The van der Waals surface area contributed by atoms with Crippen molar-refractivity contribution in [1.29, 1.82) is 0 Å². The van der Waals surface area contributed by atoms with Crippen LogP contribution in [0.25, 0.3) is 27.7 Å². The Labute approximate surface area is 162 Å². The highest BCUT2D eigenvalue weighted by Crippen LogP contribution is 2.29. The van der Waals surface area contributed by atoms with E-state index < -0.39 is 0 Å². The summed E-state index contributed by atoms with van der Waals surface area (Å²) in [6.07, 6.45) is 6.51. The highest BCUT2D eigenvalue weighted by Gasteiger charge is 2.19. The van der Waals surface area contributed by atoms with Crippen LogP contribution >= 0.6 is 0 Å². The highest BCUT2D eigenvalue weighted by molar-refractivity contribution is 5.86.